The van der Waals surface area contributed by atoms with Crippen LogP contribution in [0.1, 0.15) is 21.2 Å². The first-order valence-electron chi connectivity index (χ1n) is 4.95. The van der Waals surface area contributed by atoms with Crippen molar-refractivity contribution in [1.29, 1.82) is 5.26 Å². The van der Waals surface area contributed by atoms with Crippen LogP contribution in [0.15, 0.2) is 41.8 Å². The number of thiophene rings is 1. The molecule has 1 unspecified atom stereocenters. The molecule has 0 saturated carbocycles. The minimum Gasteiger partial charge on any atom is -0.292 e. The molecule has 0 spiro atoms. The predicted molar refractivity (Wildman–Crippen MR) is 76.2 cm³/mol. The molecule has 0 bridgehead atoms. The van der Waals surface area contributed by atoms with Crippen LogP contribution in [0, 0.1) is 14.9 Å². The number of benzene rings is 1. The largest absolute Gasteiger partial charge is 0.292 e. The highest BCUT2D eigenvalue weighted by molar-refractivity contribution is 14.1. The van der Waals surface area contributed by atoms with Crippen LogP contribution in [0.25, 0.3) is 0 Å². The molecule has 0 N–H and O–H groups in total. The van der Waals surface area contributed by atoms with E-state index in [1.807, 2.05) is 29.6 Å². The first kappa shape index (κ1) is 12.3. The molecule has 0 saturated heterocycles. The van der Waals surface area contributed by atoms with Gasteiger partial charge in [-0.25, -0.2) is 0 Å². The maximum Gasteiger partial charge on any atom is 0.185 e. The van der Waals surface area contributed by atoms with E-state index in [0.29, 0.717) is 5.56 Å². The maximum atomic E-state index is 12.2. The Hall–Kier alpha value is -1.19. The second-order valence-corrected chi connectivity index (χ2v) is 5.67. The van der Waals surface area contributed by atoms with Crippen molar-refractivity contribution in [3.05, 3.63) is 55.8 Å². The van der Waals surface area contributed by atoms with Crippen LogP contribution in [0.2, 0.25) is 0 Å². The number of hydrogen-bond acceptors (Lipinski definition) is 3. The second kappa shape index (κ2) is 5.43. The molecule has 0 aliphatic carbocycles. The van der Waals surface area contributed by atoms with E-state index in [2.05, 4.69) is 28.7 Å². The summed E-state index contributed by atoms with van der Waals surface area (Å²) in [5.41, 5.74) is 0.588. The molecule has 1 aromatic heterocycles. The predicted octanol–water partition coefficient (Wildman–Crippen LogP) is 3.84. The summed E-state index contributed by atoms with van der Waals surface area (Å²) in [5.74, 6) is -0.818. The average Bonchev–Trinajstić information content (AvgIpc) is 2.84. The Labute approximate surface area is 117 Å². The SMILES string of the molecule is N#CC(C(=O)c1ccc(I)cc1)c1cccs1. The second-order valence-electron chi connectivity index (χ2n) is 3.45. The van der Waals surface area contributed by atoms with Crippen molar-refractivity contribution in [3.8, 4) is 6.07 Å². The van der Waals surface area contributed by atoms with E-state index in [0.717, 1.165) is 8.45 Å². The van der Waals surface area contributed by atoms with Crippen molar-refractivity contribution < 1.29 is 4.79 Å². The van der Waals surface area contributed by atoms with Gasteiger partial charge in [-0.2, -0.15) is 5.26 Å². The zero-order valence-corrected chi connectivity index (χ0v) is 11.7. The van der Waals surface area contributed by atoms with Crippen LogP contribution in [-0.2, 0) is 0 Å². The summed E-state index contributed by atoms with van der Waals surface area (Å²) < 4.78 is 1.07. The molecule has 0 amide bonds. The first-order valence-corrected chi connectivity index (χ1v) is 6.91. The molecule has 0 aliphatic rings. The third-order valence-corrected chi connectivity index (χ3v) is 4.00. The number of carbonyl (C=O) groups is 1. The van der Waals surface area contributed by atoms with Crippen molar-refractivity contribution in [2.75, 3.05) is 0 Å². The number of carbonyl (C=O) groups excluding carboxylic acids is 1. The smallest absolute Gasteiger partial charge is 0.185 e. The highest BCUT2D eigenvalue weighted by Crippen LogP contribution is 2.24. The maximum absolute atomic E-state index is 12.2. The summed E-state index contributed by atoms with van der Waals surface area (Å²) in [7, 11) is 0. The van der Waals surface area contributed by atoms with Gasteiger partial charge in [-0.3, -0.25) is 4.79 Å². The molecule has 0 radical (unpaired) electrons. The van der Waals surface area contributed by atoms with Gasteiger partial charge in [-0.05, 0) is 46.2 Å². The monoisotopic (exact) mass is 353 g/mol. The zero-order valence-electron chi connectivity index (χ0n) is 8.76. The Morgan fingerprint density at radius 3 is 2.53 bits per heavy atom. The van der Waals surface area contributed by atoms with E-state index in [1.165, 1.54) is 11.3 Å². The fraction of sp³-hybridized carbons (Fsp3) is 0.0769. The molecule has 2 nitrogen and oxygen atoms in total. The van der Waals surface area contributed by atoms with Gasteiger partial charge in [0.05, 0.1) is 6.07 Å². The van der Waals surface area contributed by atoms with Crippen molar-refractivity contribution in [2.24, 2.45) is 0 Å². The number of hydrogen-bond donors (Lipinski definition) is 0. The van der Waals surface area contributed by atoms with Gasteiger partial charge >= 0.3 is 0 Å². The van der Waals surface area contributed by atoms with Crippen molar-refractivity contribution >= 4 is 39.7 Å². The van der Waals surface area contributed by atoms with E-state index < -0.39 is 5.92 Å². The molecular weight excluding hydrogens is 345 g/mol. The molecule has 4 heteroatoms. The lowest BCUT2D eigenvalue weighted by atomic mass is 9.97. The van der Waals surface area contributed by atoms with Gasteiger partial charge in [-0.15, -0.1) is 11.3 Å². The number of nitrogens with zero attached hydrogens (tertiary/aromatic N) is 1. The van der Waals surface area contributed by atoms with E-state index in [4.69, 9.17) is 5.26 Å². The summed E-state index contributed by atoms with van der Waals surface area (Å²) in [5, 5.41) is 11.0. The summed E-state index contributed by atoms with van der Waals surface area (Å²) in [6.45, 7) is 0. The number of halogens is 1. The van der Waals surface area contributed by atoms with Crippen LogP contribution in [0.4, 0.5) is 0 Å². The highest BCUT2D eigenvalue weighted by atomic mass is 127. The normalized spacial score (nSPS) is 11.8. The standard InChI is InChI=1S/C13H8INOS/c14-10-5-3-9(4-6-10)13(16)11(8-15)12-2-1-7-17-12/h1-7,11H. The quantitative estimate of drug-likeness (QED) is 0.621. The number of ketones is 1. The number of nitriles is 1. The Balaban J connectivity index is 2.31. The van der Waals surface area contributed by atoms with Crippen molar-refractivity contribution in [1.82, 2.24) is 0 Å². The van der Waals surface area contributed by atoms with Gasteiger partial charge in [-0.1, -0.05) is 18.2 Å². The summed E-state index contributed by atoms with van der Waals surface area (Å²) in [6.07, 6.45) is 0. The Morgan fingerprint density at radius 2 is 2.00 bits per heavy atom. The van der Waals surface area contributed by atoms with Gasteiger partial charge in [0.25, 0.3) is 0 Å². The number of rotatable bonds is 3. The Bertz CT molecular complexity index is 554. The van der Waals surface area contributed by atoms with Crippen LogP contribution >= 0.6 is 33.9 Å². The Morgan fingerprint density at radius 1 is 1.29 bits per heavy atom. The summed E-state index contributed by atoms with van der Waals surface area (Å²) in [4.78, 5) is 13.0. The minimum atomic E-state index is -0.685. The summed E-state index contributed by atoms with van der Waals surface area (Å²) >= 11 is 3.62. The molecule has 0 aliphatic heterocycles. The fourth-order valence-electron chi connectivity index (χ4n) is 1.49. The van der Waals surface area contributed by atoms with Gasteiger partial charge < -0.3 is 0 Å². The lowest BCUT2D eigenvalue weighted by Gasteiger charge is -2.05. The van der Waals surface area contributed by atoms with E-state index in [9.17, 15) is 4.79 Å². The fourth-order valence-corrected chi connectivity index (χ4v) is 2.61. The first-order chi connectivity index (χ1) is 8.22. The number of Topliss-reactive ketones (excluding diaryl/α,β-unsaturated/α-hetero) is 1. The third kappa shape index (κ3) is 2.73. The molecule has 2 rings (SSSR count). The van der Waals surface area contributed by atoms with Gasteiger partial charge in [0, 0.05) is 14.0 Å². The molecule has 1 heterocycles. The lowest BCUT2D eigenvalue weighted by molar-refractivity contribution is 0.0980. The molecular formula is C13H8INOS. The molecule has 0 fully saturated rings. The van der Waals surface area contributed by atoms with E-state index >= 15 is 0 Å². The van der Waals surface area contributed by atoms with Crippen LogP contribution in [0.5, 0.6) is 0 Å². The third-order valence-electron chi connectivity index (χ3n) is 2.35. The molecule has 84 valence electrons. The van der Waals surface area contributed by atoms with Gasteiger partial charge in [0.1, 0.15) is 5.92 Å². The summed E-state index contributed by atoms with van der Waals surface area (Å²) in [6, 6.07) is 13.0. The molecule has 1 aromatic carbocycles. The average molecular weight is 353 g/mol. The van der Waals surface area contributed by atoms with Crippen molar-refractivity contribution in [3.63, 3.8) is 0 Å². The Kier molecular flexibility index (Phi) is 3.92. The highest BCUT2D eigenvalue weighted by Gasteiger charge is 2.22. The van der Waals surface area contributed by atoms with Gasteiger partial charge in [0.15, 0.2) is 5.78 Å². The van der Waals surface area contributed by atoms with Crippen LogP contribution in [0.3, 0.4) is 0 Å². The van der Waals surface area contributed by atoms with Gasteiger partial charge in [0.2, 0.25) is 0 Å². The van der Waals surface area contributed by atoms with Crippen molar-refractivity contribution in [2.45, 2.75) is 5.92 Å². The lowest BCUT2D eigenvalue weighted by Crippen LogP contribution is -2.09. The van der Waals surface area contributed by atoms with Crippen LogP contribution in [-0.4, -0.2) is 5.78 Å². The van der Waals surface area contributed by atoms with E-state index in [1.54, 1.807) is 12.1 Å². The molecule has 17 heavy (non-hydrogen) atoms. The van der Waals surface area contributed by atoms with E-state index in [-0.39, 0.29) is 5.78 Å². The molecule has 1 atom stereocenters. The topological polar surface area (TPSA) is 40.9 Å². The minimum absolute atomic E-state index is 0.133. The molecule has 2 aromatic rings. The van der Waals surface area contributed by atoms with Crippen LogP contribution < -0.4 is 0 Å². The zero-order chi connectivity index (χ0) is 12.3.